The standard InChI is InChI=1S/C13H23N3O/c1-9-11(10(2)16(3)15-9)8-14-12-6-4-5-7-13(12)17/h12-14,17H,4-8H2,1-3H3/t12-,13-/m0/s1. The van der Waals surface area contributed by atoms with Crippen molar-refractivity contribution in [1.29, 1.82) is 0 Å². The average Bonchev–Trinajstić information content (AvgIpc) is 2.53. The lowest BCUT2D eigenvalue weighted by Crippen LogP contribution is -2.41. The van der Waals surface area contributed by atoms with Gasteiger partial charge in [-0.05, 0) is 26.7 Å². The summed E-state index contributed by atoms with van der Waals surface area (Å²) in [6, 6.07) is 0.253. The van der Waals surface area contributed by atoms with Crippen LogP contribution in [0.25, 0.3) is 0 Å². The number of nitrogens with one attached hydrogen (secondary N) is 1. The number of aromatic nitrogens is 2. The quantitative estimate of drug-likeness (QED) is 0.836. The molecule has 2 rings (SSSR count). The minimum Gasteiger partial charge on any atom is -0.392 e. The molecule has 96 valence electrons. The van der Waals surface area contributed by atoms with Crippen LogP contribution in [0, 0.1) is 13.8 Å². The molecule has 17 heavy (non-hydrogen) atoms. The van der Waals surface area contributed by atoms with Crippen LogP contribution in [0.4, 0.5) is 0 Å². The van der Waals surface area contributed by atoms with Crippen LogP contribution in [0.3, 0.4) is 0 Å². The Morgan fingerprint density at radius 2 is 2.06 bits per heavy atom. The van der Waals surface area contributed by atoms with Crippen LogP contribution >= 0.6 is 0 Å². The van der Waals surface area contributed by atoms with Gasteiger partial charge >= 0.3 is 0 Å². The van der Waals surface area contributed by atoms with Crippen molar-refractivity contribution in [2.24, 2.45) is 7.05 Å². The van der Waals surface area contributed by atoms with Crippen molar-refractivity contribution in [3.63, 3.8) is 0 Å². The molecule has 2 N–H and O–H groups in total. The van der Waals surface area contributed by atoms with Gasteiger partial charge in [0.2, 0.25) is 0 Å². The molecule has 1 fully saturated rings. The second-order valence-corrected chi connectivity index (χ2v) is 5.11. The van der Waals surface area contributed by atoms with Crippen molar-refractivity contribution in [3.05, 3.63) is 17.0 Å². The maximum Gasteiger partial charge on any atom is 0.0693 e. The van der Waals surface area contributed by atoms with Crippen molar-refractivity contribution in [2.45, 2.75) is 58.2 Å². The second-order valence-electron chi connectivity index (χ2n) is 5.11. The third-order valence-electron chi connectivity index (χ3n) is 3.93. The van der Waals surface area contributed by atoms with Gasteiger partial charge in [0.05, 0.1) is 11.8 Å². The van der Waals surface area contributed by atoms with E-state index in [1.54, 1.807) is 0 Å². The van der Waals surface area contributed by atoms with Gasteiger partial charge in [-0.3, -0.25) is 4.68 Å². The van der Waals surface area contributed by atoms with E-state index in [4.69, 9.17) is 0 Å². The van der Waals surface area contributed by atoms with Crippen LogP contribution in [-0.4, -0.2) is 27.0 Å². The van der Waals surface area contributed by atoms with E-state index < -0.39 is 0 Å². The summed E-state index contributed by atoms with van der Waals surface area (Å²) in [5.74, 6) is 0. The highest BCUT2D eigenvalue weighted by atomic mass is 16.3. The normalized spacial score (nSPS) is 25.2. The smallest absolute Gasteiger partial charge is 0.0693 e. The Kier molecular flexibility index (Phi) is 3.84. The molecule has 0 saturated heterocycles. The fraction of sp³-hybridized carbons (Fsp3) is 0.769. The Labute approximate surface area is 103 Å². The van der Waals surface area contributed by atoms with Gasteiger partial charge < -0.3 is 10.4 Å². The van der Waals surface area contributed by atoms with Crippen LogP contribution in [0.5, 0.6) is 0 Å². The minimum absolute atomic E-state index is 0.180. The Balaban J connectivity index is 1.97. The molecular weight excluding hydrogens is 214 g/mol. The summed E-state index contributed by atoms with van der Waals surface area (Å²) in [6.07, 6.45) is 4.22. The lowest BCUT2D eigenvalue weighted by Gasteiger charge is -2.28. The van der Waals surface area contributed by atoms with E-state index in [0.29, 0.717) is 0 Å². The summed E-state index contributed by atoms with van der Waals surface area (Å²) >= 11 is 0. The molecule has 2 atom stereocenters. The lowest BCUT2D eigenvalue weighted by atomic mass is 9.92. The zero-order valence-electron chi connectivity index (χ0n) is 11.0. The van der Waals surface area contributed by atoms with Crippen molar-refractivity contribution >= 4 is 0 Å². The topological polar surface area (TPSA) is 50.1 Å². The monoisotopic (exact) mass is 237 g/mol. The zero-order valence-corrected chi connectivity index (χ0v) is 11.0. The Bertz CT molecular complexity index is 386. The highest BCUT2D eigenvalue weighted by Gasteiger charge is 2.23. The van der Waals surface area contributed by atoms with E-state index in [1.807, 2.05) is 18.7 Å². The number of aryl methyl sites for hydroxylation is 2. The van der Waals surface area contributed by atoms with Crippen molar-refractivity contribution in [3.8, 4) is 0 Å². The first-order chi connectivity index (χ1) is 8.09. The SMILES string of the molecule is Cc1nn(C)c(C)c1CN[C@H]1CCCC[C@@H]1O. The summed E-state index contributed by atoms with van der Waals surface area (Å²) in [7, 11) is 1.97. The van der Waals surface area contributed by atoms with Crippen LogP contribution in [0.2, 0.25) is 0 Å². The molecule has 0 radical (unpaired) electrons. The van der Waals surface area contributed by atoms with Crippen molar-refractivity contribution in [1.82, 2.24) is 15.1 Å². The van der Waals surface area contributed by atoms with E-state index in [0.717, 1.165) is 31.5 Å². The summed E-state index contributed by atoms with van der Waals surface area (Å²) in [4.78, 5) is 0. The summed E-state index contributed by atoms with van der Waals surface area (Å²) in [5.41, 5.74) is 3.56. The molecule has 1 heterocycles. The number of rotatable bonds is 3. The lowest BCUT2D eigenvalue weighted by molar-refractivity contribution is 0.0902. The molecule has 1 aliphatic rings. The fourth-order valence-corrected chi connectivity index (χ4v) is 2.66. The van der Waals surface area contributed by atoms with Gasteiger partial charge in [0.15, 0.2) is 0 Å². The highest BCUT2D eigenvalue weighted by Crippen LogP contribution is 2.19. The molecule has 0 amide bonds. The molecule has 4 heteroatoms. The molecule has 1 aliphatic carbocycles. The first kappa shape index (κ1) is 12.6. The van der Waals surface area contributed by atoms with Crippen molar-refractivity contribution < 1.29 is 5.11 Å². The molecule has 1 saturated carbocycles. The molecule has 1 aromatic rings. The first-order valence-corrected chi connectivity index (χ1v) is 6.50. The number of aliphatic hydroxyl groups excluding tert-OH is 1. The molecule has 0 unspecified atom stereocenters. The van der Waals surface area contributed by atoms with E-state index >= 15 is 0 Å². The number of hydrogen-bond acceptors (Lipinski definition) is 3. The number of nitrogens with zero attached hydrogens (tertiary/aromatic N) is 2. The number of aliphatic hydroxyl groups is 1. The van der Waals surface area contributed by atoms with Gasteiger partial charge in [0.1, 0.15) is 0 Å². The van der Waals surface area contributed by atoms with Gasteiger partial charge in [-0.2, -0.15) is 5.10 Å². The third-order valence-corrected chi connectivity index (χ3v) is 3.93. The van der Waals surface area contributed by atoms with Crippen LogP contribution in [-0.2, 0) is 13.6 Å². The maximum atomic E-state index is 9.91. The molecule has 0 spiro atoms. The van der Waals surface area contributed by atoms with E-state index in [2.05, 4.69) is 17.3 Å². The Morgan fingerprint density at radius 3 is 2.65 bits per heavy atom. The van der Waals surface area contributed by atoms with Crippen molar-refractivity contribution in [2.75, 3.05) is 0 Å². The Morgan fingerprint density at radius 1 is 1.35 bits per heavy atom. The molecule has 4 nitrogen and oxygen atoms in total. The van der Waals surface area contributed by atoms with Crippen LogP contribution in [0.15, 0.2) is 0 Å². The van der Waals surface area contributed by atoms with E-state index in [9.17, 15) is 5.11 Å². The summed E-state index contributed by atoms with van der Waals surface area (Å²) < 4.78 is 1.92. The van der Waals surface area contributed by atoms with Gasteiger partial charge in [0, 0.05) is 30.9 Å². The van der Waals surface area contributed by atoms with Gasteiger partial charge in [0.25, 0.3) is 0 Å². The summed E-state index contributed by atoms with van der Waals surface area (Å²) in [6.45, 7) is 4.95. The highest BCUT2D eigenvalue weighted by molar-refractivity contribution is 5.24. The van der Waals surface area contributed by atoms with Crippen LogP contribution < -0.4 is 5.32 Å². The molecule has 0 bridgehead atoms. The van der Waals surface area contributed by atoms with E-state index in [-0.39, 0.29) is 12.1 Å². The maximum absolute atomic E-state index is 9.91. The second kappa shape index (κ2) is 5.19. The predicted octanol–water partition coefficient (Wildman–Crippen LogP) is 1.43. The average molecular weight is 237 g/mol. The third kappa shape index (κ3) is 2.69. The number of hydrogen-bond donors (Lipinski definition) is 2. The predicted molar refractivity (Wildman–Crippen MR) is 67.8 cm³/mol. The molecule has 0 aromatic carbocycles. The summed E-state index contributed by atoms with van der Waals surface area (Å²) in [5, 5.41) is 17.8. The van der Waals surface area contributed by atoms with Gasteiger partial charge in [-0.15, -0.1) is 0 Å². The largest absolute Gasteiger partial charge is 0.392 e. The van der Waals surface area contributed by atoms with Gasteiger partial charge in [-0.25, -0.2) is 0 Å². The molecular formula is C13H23N3O. The molecule has 1 aromatic heterocycles. The zero-order chi connectivity index (χ0) is 12.4. The first-order valence-electron chi connectivity index (χ1n) is 6.50. The molecule has 0 aliphatic heterocycles. The fourth-order valence-electron chi connectivity index (χ4n) is 2.66. The Hall–Kier alpha value is -0.870. The van der Waals surface area contributed by atoms with Crippen LogP contribution in [0.1, 0.15) is 42.6 Å². The van der Waals surface area contributed by atoms with E-state index in [1.165, 1.54) is 17.7 Å². The minimum atomic E-state index is -0.180. The van der Waals surface area contributed by atoms with Gasteiger partial charge in [-0.1, -0.05) is 12.8 Å².